The monoisotopic (exact) mass is 367 g/mol. The van der Waals surface area contributed by atoms with Gasteiger partial charge in [0, 0.05) is 24.1 Å². The van der Waals surface area contributed by atoms with Crippen molar-refractivity contribution in [2.45, 2.75) is 20.8 Å². The third kappa shape index (κ3) is 3.36. The van der Waals surface area contributed by atoms with Crippen LogP contribution in [0.25, 0.3) is 11.8 Å². The smallest absolute Gasteiger partial charge is 0.338 e. The van der Waals surface area contributed by atoms with Gasteiger partial charge in [-0.05, 0) is 62.7 Å². The molecule has 0 unspecified atom stereocenters. The van der Waals surface area contributed by atoms with E-state index >= 15 is 0 Å². The number of likely N-dealkylation sites (N-methyl/N-ethyl adjacent to an activating group) is 1. The van der Waals surface area contributed by atoms with Gasteiger partial charge in [-0.25, -0.2) is 9.59 Å². The Hall–Kier alpha value is -3.35. The average molecular weight is 367 g/mol. The molecule has 1 N–H and O–H groups in total. The van der Waals surface area contributed by atoms with Crippen LogP contribution in [0.2, 0.25) is 0 Å². The number of esters is 1. The van der Waals surface area contributed by atoms with Crippen LogP contribution < -0.4 is 5.32 Å². The number of rotatable bonds is 4. The van der Waals surface area contributed by atoms with E-state index in [1.54, 1.807) is 25.1 Å². The van der Waals surface area contributed by atoms with Crippen molar-refractivity contribution in [1.29, 1.82) is 0 Å². The van der Waals surface area contributed by atoms with Gasteiger partial charge in [0.05, 0.1) is 12.2 Å². The maximum Gasteiger partial charge on any atom is 0.338 e. The first kappa shape index (κ1) is 18.4. The normalized spacial score (nSPS) is 15.4. The summed E-state index contributed by atoms with van der Waals surface area (Å²) in [6, 6.07) is 8.65. The number of aromatic nitrogens is 1. The molecule has 3 rings (SSSR count). The molecule has 2 aromatic rings. The second-order valence-electron chi connectivity index (χ2n) is 6.28. The first-order valence-corrected chi connectivity index (χ1v) is 8.60. The summed E-state index contributed by atoms with van der Waals surface area (Å²) < 4.78 is 7.02. The number of imide groups is 1. The van der Waals surface area contributed by atoms with Gasteiger partial charge in [-0.3, -0.25) is 9.69 Å². The SMILES string of the molecule is CCOC(=O)c1ccc(-n2c(C)cc(/C=C3/NC(=O)N(C)C3=O)c2C)cc1. The number of nitrogens with zero attached hydrogens (tertiary/aromatic N) is 2. The lowest BCUT2D eigenvalue weighted by Gasteiger charge is -2.10. The molecule has 1 saturated heterocycles. The van der Waals surface area contributed by atoms with E-state index in [0.29, 0.717) is 12.2 Å². The van der Waals surface area contributed by atoms with Gasteiger partial charge >= 0.3 is 12.0 Å². The molecular weight excluding hydrogens is 346 g/mol. The topological polar surface area (TPSA) is 80.6 Å². The minimum atomic E-state index is -0.436. The number of nitrogens with one attached hydrogen (secondary N) is 1. The van der Waals surface area contributed by atoms with E-state index in [0.717, 1.165) is 27.5 Å². The summed E-state index contributed by atoms with van der Waals surface area (Å²) in [7, 11) is 1.44. The highest BCUT2D eigenvalue weighted by molar-refractivity contribution is 6.13. The molecule has 0 radical (unpaired) electrons. The largest absolute Gasteiger partial charge is 0.462 e. The highest BCUT2D eigenvalue weighted by Gasteiger charge is 2.30. The van der Waals surface area contributed by atoms with Crippen LogP contribution >= 0.6 is 0 Å². The van der Waals surface area contributed by atoms with Gasteiger partial charge < -0.3 is 14.6 Å². The summed E-state index contributed by atoms with van der Waals surface area (Å²) in [4.78, 5) is 36.5. The van der Waals surface area contributed by atoms with E-state index in [9.17, 15) is 14.4 Å². The molecule has 0 saturated carbocycles. The molecule has 1 fully saturated rings. The summed E-state index contributed by atoms with van der Waals surface area (Å²) in [5.41, 5.74) is 4.35. The Bertz CT molecular complexity index is 954. The number of hydrogen-bond donors (Lipinski definition) is 1. The number of carbonyl (C=O) groups is 3. The number of ether oxygens (including phenoxy) is 1. The fourth-order valence-corrected chi connectivity index (χ4v) is 3.07. The van der Waals surface area contributed by atoms with E-state index in [2.05, 4.69) is 5.32 Å². The van der Waals surface area contributed by atoms with E-state index in [-0.39, 0.29) is 17.6 Å². The third-order valence-corrected chi connectivity index (χ3v) is 4.49. The molecule has 0 bridgehead atoms. The third-order valence-electron chi connectivity index (χ3n) is 4.49. The molecule has 3 amide bonds. The van der Waals surface area contributed by atoms with Gasteiger partial charge in [0.25, 0.3) is 5.91 Å². The summed E-state index contributed by atoms with van der Waals surface area (Å²) in [5.74, 6) is -0.710. The Balaban J connectivity index is 1.94. The minimum absolute atomic E-state index is 0.250. The summed E-state index contributed by atoms with van der Waals surface area (Å²) in [5, 5.41) is 2.57. The predicted molar refractivity (Wildman–Crippen MR) is 100 cm³/mol. The minimum Gasteiger partial charge on any atom is -0.462 e. The molecule has 1 aliphatic rings. The second-order valence-corrected chi connectivity index (χ2v) is 6.28. The number of hydrogen-bond acceptors (Lipinski definition) is 4. The van der Waals surface area contributed by atoms with Crippen LogP contribution in [0.4, 0.5) is 4.79 Å². The van der Waals surface area contributed by atoms with Crippen LogP contribution in [-0.4, -0.2) is 41.0 Å². The van der Waals surface area contributed by atoms with Crippen LogP contribution in [0.3, 0.4) is 0 Å². The van der Waals surface area contributed by atoms with E-state index in [1.165, 1.54) is 7.05 Å². The zero-order valence-corrected chi connectivity index (χ0v) is 15.7. The molecule has 0 aliphatic carbocycles. The standard InChI is InChI=1S/C20H21N3O4/c1-5-27-19(25)14-6-8-16(9-7-14)23-12(2)10-15(13(23)3)11-17-18(24)22(4)20(26)21-17/h6-11H,5H2,1-4H3,(H,21,26)/b17-11+. The van der Waals surface area contributed by atoms with Gasteiger partial charge in [-0.1, -0.05) is 0 Å². The van der Waals surface area contributed by atoms with E-state index in [4.69, 9.17) is 4.74 Å². The van der Waals surface area contributed by atoms with Crippen molar-refractivity contribution in [3.05, 3.63) is 58.5 Å². The Kier molecular flexibility index (Phi) is 4.85. The van der Waals surface area contributed by atoms with Crippen LogP contribution in [0.5, 0.6) is 0 Å². The Morgan fingerprint density at radius 3 is 2.41 bits per heavy atom. The van der Waals surface area contributed by atoms with Crippen molar-refractivity contribution in [3.63, 3.8) is 0 Å². The average Bonchev–Trinajstić information content (AvgIpc) is 3.05. The second kappa shape index (κ2) is 7.11. The maximum atomic E-state index is 12.1. The van der Waals surface area contributed by atoms with Crippen LogP contribution in [0.1, 0.15) is 34.2 Å². The van der Waals surface area contributed by atoms with Gasteiger partial charge in [0.2, 0.25) is 0 Å². The zero-order chi connectivity index (χ0) is 19.7. The van der Waals surface area contributed by atoms with Gasteiger partial charge in [-0.15, -0.1) is 0 Å². The molecule has 7 nitrogen and oxygen atoms in total. The Morgan fingerprint density at radius 2 is 1.85 bits per heavy atom. The highest BCUT2D eigenvalue weighted by atomic mass is 16.5. The van der Waals surface area contributed by atoms with E-state index < -0.39 is 6.03 Å². The molecule has 7 heteroatoms. The number of amides is 3. The van der Waals surface area contributed by atoms with Crippen molar-refractivity contribution in [2.75, 3.05) is 13.7 Å². The Labute approximate surface area is 157 Å². The van der Waals surface area contributed by atoms with Crippen molar-refractivity contribution in [3.8, 4) is 5.69 Å². The zero-order valence-electron chi connectivity index (χ0n) is 15.7. The summed E-state index contributed by atoms with van der Waals surface area (Å²) in [6.45, 7) is 5.99. The molecule has 1 aromatic carbocycles. The number of carbonyl (C=O) groups excluding carboxylic acids is 3. The van der Waals surface area contributed by atoms with Gasteiger partial charge in [-0.2, -0.15) is 0 Å². The molecular formula is C20H21N3O4. The molecule has 1 aromatic heterocycles. The number of aryl methyl sites for hydroxylation is 1. The lowest BCUT2D eigenvalue weighted by atomic mass is 10.2. The first-order valence-electron chi connectivity index (χ1n) is 8.60. The molecule has 0 atom stereocenters. The molecule has 1 aliphatic heterocycles. The highest BCUT2D eigenvalue weighted by Crippen LogP contribution is 2.24. The quantitative estimate of drug-likeness (QED) is 0.512. The van der Waals surface area contributed by atoms with Gasteiger partial charge in [0.1, 0.15) is 5.70 Å². The van der Waals surface area contributed by atoms with Crippen molar-refractivity contribution >= 4 is 24.0 Å². The van der Waals surface area contributed by atoms with Crippen LogP contribution in [-0.2, 0) is 9.53 Å². The van der Waals surface area contributed by atoms with Gasteiger partial charge in [0.15, 0.2) is 0 Å². The summed E-state index contributed by atoms with van der Waals surface area (Å²) >= 11 is 0. The van der Waals surface area contributed by atoms with Crippen molar-refractivity contribution < 1.29 is 19.1 Å². The van der Waals surface area contributed by atoms with Crippen molar-refractivity contribution in [1.82, 2.24) is 14.8 Å². The molecule has 2 heterocycles. The lowest BCUT2D eigenvalue weighted by Crippen LogP contribution is -2.25. The predicted octanol–water partition coefficient (Wildman–Crippen LogP) is 2.79. The van der Waals surface area contributed by atoms with Crippen LogP contribution in [0.15, 0.2) is 36.0 Å². The van der Waals surface area contributed by atoms with Crippen molar-refractivity contribution in [2.24, 2.45) is 0 Å². The molecule has 27 heavy (non-hydrogen) atoms. The number of benzene rings is 1. The Morgan fingerprint density at radius 1 is 1.19 bits per heavy atom. The summed E-state index contributed by atoms with van der Waals surface area (Å²) in [6.07, 6.45) is 1.68. The maximum absolute atomic E-state index is 12.1. The fourth-order valence-electron chi connectivity index (χ4n) is 3.07. The fraction of sp³-hybridized carbons (Fsp3) is 0.250. The molecule has 140 valence electrons. The van der Waals surface area contributed by atoms with E-state index in [1.807, 2.05) is 36.6 Å². The first-order chi connectivity index (χ1) is 12.8. The molecule has 0 spiro atoms. The lowest BCUT2D eigenvalue weighted by molar-refractivity contribution is -0.121. The number of urea groups is 1. The van der Waals surface area contributed by atoms with Crippen LogP contribution in [0, 0.1) is 13.8 Å².